The summed E-state index contributed by atoms with van der Waals surface area (Å²) in [4.78, 5) is 24.0. The van der Waals surface area contributed by atoms with Crippen molar-refractivity contribution in [2.24, 2.45) is 0 Å². The zero-order valence-corrected chi connectivity index (χ0v) is 17.0. The number of carbonyl (C=O) groups excluding carboxylic acids is 1. The van der Waals surface area contributed by atoms with E-state index in [1.807, 2.05) is 24.3 Å². The molecule has 4 rings (SSSR count). The van der Waals surface area contributed by atoms with E-state index in [4.69, 9.17) is 0 Å². The van der Waals surface area contributed by atoms with E-state index < -0.39 is 17.4 Å². The van der Waals surface area contributed by atoms with Gasteiger partial charge in [0.2, 0.25) is 5.95 Å². The SMILES string of the molecule is COC(=O)CCCc1ccc(-n2cnc3cnc(Nc4cc(F)c(O)c(F)c4)nc32)cc1. The molecule has 0 aliphatic rings. The highest BCUT2D eigenvalue weighted by Crippen LogP contribution is 2.26. The van der Waals surface area contributed by atoms with E-state index in [9.17, 15) is 18.7 Å². The number of aryl methyl sites for hydroxylation is 1. The summed E-state index contributed by atoms with van der Waals surface area (Å²) in [6.07, 6.45) is 4.91. The van der Waals surface area contributed by atoms with Crippen LogP contribution in [0, 0.1) is 11.6 Å². The van der Waals surface area contributed by atoms with Crippen LogP contribution in [-0.2, 0) is 16.0 Å². The first kappa shape index (κ1) is 21.2. The third-order valence-electron chi connectivity index (χ3n) is 4.85. The number of methoxy groups -OCH3 is 1. The van der Waals surface area contributed by atoms with Gasteiger partial charge in [0.15, 0.2) is 23.0 Å². The maximum atomic E-state index is 13.6. The fraction of sp³-hybridized carbons (Fsp3) is 0.182. The molecule has 0 fully saturated rings. The Morgan fingerprint density at radius 2 is 1.88 bits per heavy atom. The summed E-state index contributed by atoms with van der Waals surface area (Å²) in [5.74, 6) is -3.34. The number of hydrogen-bond acceptors (Lipinski definition) is 7. The molecule has 2 aromatic heterocycles. The number of phenols is 1. The average molecular weight is 439 g/mol. The number of hydrogen-bond donors (Lipinski definition) is 2. The maximum absolute atomic E-state index is 13.6. The van der Waals surface area contributed by atoms with Crippen molar-refractivity contribution in [1.82, 2.24) is 19.5 Å². The van der Waals surface area contributed by atoms with Crippen molar-refractivity contribution in [3.8, 4) is 11.4 Å². The van der Waals surface area contributed by atoms with E-state index in [0.717, 1.165) is 29.8 Å². The van der Waals surface area contributed by atoms with Gasteiger partial charge in [-0.05, 0) is 30.5 Å². The molecule has 4 aromatic rings. The minimum absolute atomic E-state index is 0.0551. The van der Waals surface area contributed by atoms with Gasteiger partial charge in [-0.3, -0.25) is 9.36 Å². The van der Waals surface area contributed by atoms with Gasteiger partial charge in [0, 0.05) is 29.9 Å². The third kappa shape index (κ3) is 4.48. The number of aromatic nitrogens is 4. The van der Waals surface area contributed by atoms with Crippen LogP contribution in [0.5, 0.6) is 5.75 Å². The Hall–Kier alpha value is -4.08. The van der Waals surface area contributed by atoms with Gasteiger partial charge < -0.3 is 15.2 Å². The normalized spacial score (nSPS) is 11.0. The van der Waals surface area contributed by atoms with E-state index in [-0.39, 0.29) is 17.6 Å². The number of nitrogens with one attached hydrogen (secondary N) is 1. The second-order valence-corrected chi connectivity index (χ2v) is 7.03. The molecule has 0 amide bonds. The zero-order chi connectivity index (χ0) is 22.7. The van der Waals surface area contributed by atoms with E-state index in [1.54, 1.807) is 10.9 Å². The van der Waals surface area contributed by atoms with Crippen LogP contribution >= 0.6 is 0 Å². The highest BCUT2D eigenvalue weighted by atomic mass is 19.1. The Morgan fingerprint density at radius 1 is 1.16 bits per heavy atom. The maximum Gasteiger partial charge on any atom is 0.305 e. The largest absolute Gasteiger partial charge is 0.503 e. The smallest absolute Gasteiger partial charge is 0.305 e. The van der Waals surface area contributed by atoms with Crippen LogP contribution in [0.2, 0.25) is 0 Å². The Labute approximate surface area is 181 Å². The lowest BCUT2D eigenvalue weighted by atomic mass is 10.1. The summed E-state index contributed by atoms with van der Waals surface area (Å²) in [5, 5.41) is 12.0. The van der Waals surface area contributed by atoms with Crippen LogP contribution in [0.25, 0.3) is 16.9 Å². The molecule has 0 aliphatic carbocycles. The van der Waals surface area contributed by atoms with E-state index >= 15 is 0 Å². The van der Waals surface area contributed by atoms with Crippen molar-refractivity contribution >= 4 is 28.8 Å². The summed E-state index contributed by atoms with van der Waals surface area (Å²) < 4.78 is 33.6. The van der Waals surface area contributed by atoms with Gasteiger partial charge in [0.25, 0.3) is 0 Å². The topological polar surface area (TPSA) is 102 Å². The van der Waals surface area contributed by atoms with Crippen LogP contribution in [0.3, 0.4) is 0 Å². The molecule has 0 spiro atoms. The Morgan fingerprint density at radius 3 is 2.56 bits per heavy atom. The summed E-state index contributed by atoms with van der Waals surface area (Å²) in [6, 6.07) is 9.63. The minimum atomic E-state index is -1.09. The highest BCUT2D eigenvalue weighted by Gasteiger charge is 2.12. The quantitative estimate of drug-likeness (QED) is 0.331. The molecule has 2 heterocycles. The van der Waals surface area contributed by atoms with Crippen molar-refractivity contribution in [1.29, 1.82) is 0 Å². The molecular formula is C22H19F2N5O3. The number of phenolic OH excluding ortho intramolecular Hbond substituents is 1. The molecule has 8 nitrogen and oxygen atoms in total. The van der Waals surface area contributed by atoms with Gasteiger partial charge in [-0.2, -0.15) is 4.98 Å². The monoisotopic (exact) mass is 439 g/mol. The van der Waals surface area contributed by atoms with Gasteiger partial charge in [-0.25, -0.2) is 18.7 Å². The number of rotatable bonds is 7. The highest BCUT2D eigenvalue weighted by molar-refractivity contribution is 5.74. The van der Waals surface area contributed by atoms with Crippen molar-refractivity contribution in [3.05, 3.63) is 66.1 Å². The van der Waals surface area contributed by atoms with Crippen molar-refractivity contribution in [2.75, 3.05) is 12.4 Å². The number of ether oxygens (including phenoxy) is 1. The first-order valence-electron chi connectivity index (χ1n) is 9.76. The summed E-state index contributed by atoms with van der Waals surface area (Å²) in [5.41, 5.74) is 2.99. The van der Waals surface area contributed by atoms with E-state index in [0.29, 0.717) is 24.0 Å². The molecule has 10 heteroatoms. The number of nitrogens with zero attached hydrogens (tertiary/aromatic N) is 4. The molecule has 0 atom stereocenters. The first-order valence-corrected chi connectivity index (χ1v) is 9.76. The lowest BCUT2D eigenvalue weighted by molar-refractivity contribution is -0.140. The van der Waals surface area contributed by atoms with E-state index in [2.05, 4.69) is 25.0 Å². The first-order chi connectivity index (χ1) is 15.4. The lowest BCUT2D eigenvalue weighted by Gasteiger charge is -2.08. The lowest BCUT2D eigenvalue weighted by Crippen LogP contribution is -2.01. The predicted molar refractivity (Wildman–Crippen MR) is 113 cm³/mol. The standard InChI is InChI=1S/C22H19F2N5O3/c1-32-19(30)4-2-3-13-5-7-15(8-6-13)29-12-26-18-11-25-22(28-21(18)29)27-14-9-16(23)20(31)17(24)10-14/h5-12,31H,2-4H2,1H3,(H,25,27,28). The fourth-order valence-electron chi connectivity index (χ4n) is 3.19. The molecular weight excluding hydrogens is 420 g/mol. The number of imidazole rings is 1. The summed E-state index contributed by atoms with van der Waals surface area (Å²) in [6.45, 7) is 0. The molecule has 0 bridgehead atoms. The molecule has 2 aromatic carbocycles. The average Bonchev–Trinajstić information content (AvgIpc) is 3.21. The molecule has 2 N–H and O–H groups in total. The number of anilines is 2. The Bertz CT molecular complexity index is 1250. The van der Waals surface area contributed by atoms with Gasteiger partial charge in [-0.15, -0.1) is 0 Å². The van der Waals surface area contributed by atoms with Crippen LogP contribution in [-0.4, -0.2) is 37.7 Å². The molecule has 32 heavy (non-hydrogen) atoms. The molecule has 0 saturated heterocycles. The van der Waals surface area contributed by atoms with Crippen LogP contribution in [0.15, 0.2) is 48.9 Å². The van der Waals surface area contributed by atoms with Gasteiger partial charge in [-0.1, -0.05) is 12.1 Å². The van der Waals surface area contributed by atoms with Crippen LogP contribution in [0.1, 0.15) is 18.4 Å². The number of halogens is 2. The van der Waals surface area contributed by atoms with Gasteiger partial charge in [0.05, 0.1) is 13.3 Å². The van der Waals surface area contributed by atoms with Crippen molar-refractivity contribution in [2.45, 2.75) is 19.3 Å². The van der Waals surface area contributed by atoms with Crippen LogP contribution in [0.4, 0.5) is 20.4 Å². The molecule has 164 valence electrons. The molecule has 0 unspecified atom stereocenters. The van der Waals surface area contributed by atoms with Gasteiger partial charge >= 0.3 is 5.97 Å². The van der Waals surface area contributed by atoms with E-state index in [1.165, 1.54) is 13.3 Å². The summed E-state index contributed by atoms with van der Waals surface area (Å²) >= 11 is 0. The van der Waals surface area contributed by atoms with Gasteiger partial charge in [0.1, 0.15) is 11.8 Å². The number of esters is 1. The van der Waals surface area contributed by atoms with Crippen molar-refractivity contribution in [3.63, 3.8) is 0 Å². The molecule has 0 radical (unpaired) electrons. The number of aromatic hydroxyl groups is 1. The second-order valence-electron chi connectivity index (χ2n) is 7.03. The Kier molecular flexibility index (Phi) is 5.93. The fourth-order valence-corrected chi connectivity index (χ4v) is 3.19. The van der Waals surface area contributed by atoms with Crippen LogP contribution < -0.4 is 5.32 Å². The number of fused-ring (bicyclic) bond motifs is 1. The predicted octanol–water partition coefficient (Wildman–Crippen LogP) is 4.04. The van der Waals surface area contributed by atoms with Crippen molar-refractivity contribution < 1.29 is 23.4 Å². The molecule has 0 saturated carbocycles. The zero-order valence-electron chi connectivity index (χ0n) is 17.0. The Balaban J connectivity index is 1.54. The third-order valence-corrected chi connectivity index (χ3v) is 4.85. The minimum Gasteiger partial charge on any atom is -0.503 e. The second kappa shape index (κ2) is 8.96. The number of benzene rings is 2. The summed E-state index contributed by atoms with van der Waals surface area (Å²) in [7, 11) is 1.37. The molecule has 0 aliphatic heterocycles. The number of carbonyl (C=O) groups is 1.